The molecule has 1 N–H and O–H groups in total. The van der Waals surface area contributed by atoms with Gasteiger partial charge in [0.05, 0.1) is 18.2 Å². The minimum atomic E-state index is -2.91. The zero-order valence-electron chi connectivity index (χ0n) is 12.2. The number of hydrogen-bond acceptors (Lipinski definition) is 7. The van der Waals surface area contributed by atoms with Gasteiger partial charge in [-0.05, 0) is 29.5 Å². The van der Waals surface area contributed by atoms with Crippen LogP contribution in [-0.2, 0) is 14.3 Å². The molecule has 0 bridgehead atoms. The van der Waals surface area contributed by atoms with E-state index in [4.69, 9.17) is 0 Å². The highest BCUT2D eigenvalue weighted by molar-refractivity contribution is 8.18. The summed E-state index contributed by atoms with van der Waals surface area (Å²) >= 11 is 0.921. The number of halogens is 2. The van der Waals surface area contributed by atoms with E-state index in [-0.39, 0.29) is 15.8 Å². The summed E-state index contributed by atoms with van der Waals surface area (Å²) in [5.41, 5.74) is 0.483. The molecule has 1 saturated heterocycles. The number of nitrogens with zero attached hydrogens (tertiary/aromatic N) is 2. The summed E-state index contributed by atoms with van der Waals surface area (Å²) < 4.78 is 33.0. The second-order valence-electron chi connectivity index (χ2n) is 4.19. The fourth-order valence-electron chi connectivity index (χ4n) is 1.56. The van der Waals surface area contributed by atoms with Crippen LogP contribution in [0, 0.1) is 0 Å². The fraction of sp³-hybridized carbons (Fsp3) is 0.143. The van der Waals surface area contributed by atoms with Crippen molar-refractivity contribution in [2.75, 3.05) is 7.11 Å². The second-order valence-corrected chi connectivity index (χ2v) is 5.22. The summed E-state index contributed by atoms with van der Waals surface area (Å²) in [5.74, 6) is -1.16. The van der Waals surface area contributed by atoms with Crippen LogP contribution in [0.25, 0.3) is 0 Å². The number of esters is 1. The van der Waals surface area contributed by atoms with E-state index in [0.717, 1.165) is 17.8 Å². The van der Waals surface area contributed by atoms with E-state index < -0.39 is 18.5 Å². The van der Waals surface area contributed by atoms with Crippen LogP contribution < -0.4 is 10.1 Å². The van der Waals surface area contributed by atoms with Crippen LogP contribution in [0.2, 0.25) is 0 Å². The maximum absolute atomic E-state index is 12.1. The first-order chi connectivity index (χ1) is 11.5. The predicted octanol–water partition coefficient (Wildman–Crippen LogP) is 1.90. The van der Waals surface area contributed by atoms with Crippen LogP contribution in [-0.4, -0.2) is 37.0 Å². The van der Waals surface area contributed by atoms with Crippen molar-refractivity contribution in [3.8, 4) is 5.75 Å². The van der Waals surface area contributed by atoms with Crippen LogP contribution >= 0.6 is 11.8 Å². The van der Waals surface area contributed by atoms with E-state index >= 15 is 0 Å². The average Bonchev–Trinajstić information content (AvgIpc) is 2.87. The second kappa shape index (κ2) is 8.20. The van der Waals surface area contributed by atoms with Crippen molar-refractivity contribution >= 4 is 35.0 Å². The molecule has 0 unspecified atom stereocenters. The Kier molecular flexibility index (Phi) is 6.01. The quantitative estimate of drug-likeness (QED) is 0.377. The lowest BCUT2D eigenvalue weighted by Crippen LogP contribution is -2.19. The van der Waals surface area contributed by atoms with Crippen LogP contribution in [0.15, 0.2) is 45.4 Å². The summed E-state index contributed by atoms with van der Waals surface area (Å²) in [6, 6.07) is 5.88. The zero-order chi connectivity index (χ0) is 17.5. The van der Waals surface area contributed by atoms with Gasteiger partial charge in [0.15, 0.2) is 5.17 Å². The topological polar surface area (TPSA) is 89.3 Å². The largest absolute Gasteiger partial charge is 0.466 e. The summed E-state index contributed by atoms with van der Waals surface area (Å²) in [7, 11) is 1.20. The molecule has 0 atom stereocenters. The van der Waals surface area contributed by atoms with Gasteiger partial charge in [-0.3, -0.25) is 10.1 Å². The Morgan fingerprint density at radius 1 is 1.42 bits per heavy atom. The Labute approximate surface area is 139 Å². The number of rotatable bonds is 5. The monoisotopic (exact) mass is 355 g/mol. The van der Waals surface area contributed by atoms with Crippen molar-refractivity contribution in [3.05, 3.63) is 40.8 Å². The minimum Gasteiger partial charge on any atom is -0.466 e. The third kappa shape index (κ3) is 5.16. The molecule has 10 heteroatoms. The molecule has 0 radical (unpaired) electrons. The van der Waals surface area contributed by atoms with Crippen molar-refractivity contribution in [2.24, 2.45) is 10.2 Å². The molecule has 1 aliphatic heterocycles. The first-order valence-electron chi connectivity index (χ1n) is 6.42. The molecule has 0 spiro atoms. The smallest absolute Gasteiger partial charge is 0.387 e. The Balaban J connectivity index is 2.03. The van der Waals surface area contributed by atoms with Gasteiger partial charge in [-0.2, -0.15) is 13.9 Å². The lowest BCUT2D eigenvalue weighted by atomic mass is 10.2. The van der Waals surface area contributed by atoms with Crippen LogP contribution in [0.1, 0.15) is 5.56 Å². The first kappa shape index (κ1) is 17.6. The number of hydrogen-bond donors (Lipinski definition) is 1. The third-order valence-electron chi connectivity index (χ3n) is 2.54. The van der Waals surface area contributed by atoms with E-state index in [1.54, 1.807) is 6.07 Å². The molecular weight excluding hydrogens is 344 g/mol. The van der Waals surface area contributed by atoms with Gasteiger partial charge in [-0.1, -0.05) is 12.1 Å². The van der Waals surface area contributed by atoms with Crippen molar-refractivity contribution in [1.82, 2.24) is 5.32 Å². The van der Waals surface area contributed by atoms with Gasteiger partial charge in [0.1, 0.15) is 5.75 Å². The summed E-state index contributed by atoms with van der Waals surface area (Å²) in [4.78, 5) is 22.8. The minimum absolute atomic E-state index is 0.00607. The molecule has 126 valence electrons. The molecule has 7 nitrogen and oxygen atoms in total. The molecule has 0 aromatic heterocycles. The maximum Gasteiger partial charge on any atom is 0.387 e. The number of ether oxygens (including phenoxy) is 2. The predicted molar refractivity (Wildman–Crippen MR) is 83.9 cm³/mol. The van der Waals surface area contributed by atoms with Gasteiger partial charge < -0.3 is 9.47 Å². The van der Waals surface area contributed by atoms with Crippen molar-refractivity contribution in [1.29, 1.82) is 0 Å². The molecule has 24 heavy (non-hydrogen) atoms. The number of nitrogens with one attached hydrogen (secondary N) is 1. The molecule has 2 rings (SSSR count). The average molecular weight is 355 g/mol. The number of benzene rings is 1. The first-order valence-corrected chi connectivity index (χ1v) is 7.24. The van der Waals surface area contributed by atoms with Gasteiger partial charge in [0, 0.05) is 6.08 Å². The molecule has 0 saturated carbocycles. The van der Waals surface area contributed by atoms with Crippen molar-refractivity contribution in [3.63, 3.8) is 0 Å². The van der Waals surface area contributed by atoms with Gasteiger partial charge in [-0.15, -0.1) is 5.10 Å². The molecule has 1 aromatic carbocycles. The van der Waals surface area contributed by atoms with Crippen LogP contribution in [0.3, 0.4) is 0 Å². The highest BCUT2D eigenvalue weighted by Crippen LogP contribution is 2.23. The Bertz CT molecular complexity index is 734. The van der Waals surface area contributed by atoms with Gasteiger partial charge in [-0.25, -0.2) is 4.79 Å². The molecular formula is C14H11F2N3O4S. The fourth-order valence-corrected chi connectivity index (χ4v) is 2.30. The summed E-state index contributed by atoms with van der Waals surface area (Å²) in [6.07, 6.45) is 2.34. The van der Waals surface area contributed by atoms with Gasteiger partial charge >= 0.3 is 12.6 Å². The van der Waals surface area contributed by atoms with Gasteiger partial charge in [0.25, 0.3) is 5.91 Å². The van der Waals surface area contributed by atoms with Crippen LogP contribution in [0.5, 0.6) is 5.75 Å². The maximum atomic E-state index is 12.1. The highest BCUT2D eigenvalue weighted by atomic mass is 32.2. The number of alkyl halides is 2. The summed E-state index contributed by atoms with van der Waals surface area (Å²) in [6.45, 7) is -2.91. The molecule has 1 aromatic rings. The van der Waals surface area contributed by atoms with Crippen molar-refractivity contribution in [2.45, 2.75) is 6.61 Å². The number of amides is 1. The molecule has 1 amide bonds. The number of carbonyl (C=O) groups is 2. The van der Waals surface area contributed by atoms with E-state index in [0.29, 0.717) is 5.56 Å². The Hall–Kier alpha value is -2.75. The normalized spacial score (nSPS) is 17.8. The number of methoxy groups -OCH3 is 1. The Morgan fingerprint density at radius 3 is 2.92 bits per heavy atom. The number of amidine groups is 1. The van der Waals surface area contributed by atoms with E-state index in [1.807, 2.05) is 0 Å². The van der Waals surface area contributed by atoms with E-state index in [2.05, 4.69) is 25.0 Å². The van der Waals surface area contributed by atoms with E-state index in [9.17, 15) is 18.4 Å². The molecule has 1 fully saturated rings. The SMILES string of the molecule is COC(=O)/C=C1/S/C(=N\N=Cc2cccc(OC(F)F)c2)NC1=O. The van der Waals surface area contributed by atoms with E-state index in [1.165, 1.54) is 31.5 Å². The van der Waals surface area contributed by atoms with Crippen LogP contribution in [0.4, 0.5) is 8.78 Å². The molecule has 0 aliphatic carbocycles. The lowest BCUT2D eigenvalue weighted by Gasteiger charge is -2.03. The third-order valence-corrected chi connectivity index (χ3v) is 3.44. The lowest BCUT2D eigenvalue weighted by molar-refractivity contribution is -0.135. The number of carbonyl (C=O) groups excluding carboxylic acids is 2. The molecule has 1 aliphatic rings. The molecule has 1 heterocycles. The number of thioether (sulfide) groups is 1. The van der Waals surface area contributed by atoms with Crippen molar-refractivity contribution < 1.29 is 27.8 Å². The Morgan fingerprint density at radius 2 is 2.21 bits per heavy atom. The van der Waals surface area contributed by atoms with Gasteiger partial charge in [0.2, 0.25) is 0 Å². The zero-order valence-corrected chi connectivity index (χ0v) is 13.0. The standard InChI is InChI=1S/C14H11F2N3O4S/c1-22-11(20)6-10-12(21)18-14(24-10)19-17-7-8-3-2-4-9(5-8)23-13(15)16/h2-7,13H,1H3,(H,18,19,21)/b10-6+,17-7?. The summed E-state index contributed by atoms with van der Waals surface area (Å²) in [5, 5.41) is 10.1. The highest BCUT2D eigenvalue weighted by Gasteiger charge is 2.24.